The number of carbonyl (C=O) groups excluding carboxylic acids is 1. The number of nitrogens with zero attached hydrogens (tertiary/aromatic N) is 2. The monoisotopic (exact) mass is 201 g/mol. The molecule has 0 amide bonds. The summed E-state index contributed by atoms with van der Waals surface area (Å²) in [6.45, 7) is 1.53. The van der Waals surface area contributed by atoms with E-state index in [9.17, 15) is 4.79 Å². The number of hydrogen-bond donors (Lipinski definition) is 1. The Morgan fingerprint density at radius 1 is 1.47 bits per heavy atom. The Kier molecular flexibility index (Phi) is 2.58. The highest BCUT2D eigenvalue weighted by atomic mass is 16.1. The highest BCUT2D eigenvalue weighted by Crippen LogP contribution is 2.14. The van der Waals surface area contributed by atoms with E-state index in [1.807, 2.05) is 24.5 Å². The third-order valence-corrected chi connectivity index (χ3v) is 2.01. The smallest absolute Gasteiger partial charge is 0.137 e. The summed E-state index contributed by atoms with van der Waals surface area (Å²) in [4.78, 5) is 22.2. The van der Waals surface area contributed by atoms with Gasteiger partial charge in [-0.05, 0) is 19.1 Å². The topological polar surface area (TPSA) is 58.6 Å². The van der Waals surface area contributed by atoms with Crippen LogP contribution in [0.3, 0.4) is 0 Å². The third-order valence-electron chi connectivity index (χ3n) is 2.01. The lowest BCUT2D eigenvalue weighted by atomic mass is 10.2. The standard InChI is InChI=1S/C11H11N3O/c1-8(15)6-11-13-5-3-10(14-11)9-2-4-12-7-9/h2-5,7,12H,6H2,1H3. The molecule has 0 saturated heterocycles. The van der Waals surface area contributed by atoms with E-state index in [0.717, 1.165) is 11.3 Å². The minimum absolute atomic E-state index is 0.0706. The lowest BCUT2D eigenvalue weighted by molar-refractivity contribution is -0.116. The van der Waals surface area contributed by atoms with E-state index in [-0.39, 0.29) is 12.2 Å². The van der Waals surface area contributed by atoms with Crippen molar-refractivity contribution in [3.05, 3.63) is 36.5 Å². The van der Waals surface area contributed by atoms with Gasteiger partial charge in [-0.15, -0.1) is 0 Å². The first kappa shape index (κ1) is 9.58. The van der Waals surface area contributed by atoms with Crippen LogP contribution in [0.15, 0.2) is 30.7 Å². The molecule has 0 bridgehead atoms. The molecule has 1 N–H and O–H groups in total. The Bertz CT molecular complexity index is 462. The molecule has 2 aromatic heterocycles. The predicted molar refractivity (Wildman–Crippen MR) is 56.2 cm³/mol. The van der Waals surface area contributed by atoms with Gasteiger partial charge in [0.2, 0.25) is 0 Å². The second kappa shape index (κ2) is 4.04. The fraction of sp³-hybridized carbons (Fsp3) is 0.182. The minimum Gasteiger partial charge on any atom is -0.367 e. The number of nitrogens with one attached hydrogen (secondary N) is 1. The van der Waals surface area contributed by atoms with Crippen LogP contribution in [0.1, 0.15) is 12.7 Å². The third kappa shape index (κ3) is 2.28. The first-order chi connectivity index (χ1) is 7.25. The predicted octanol–water partition coefficient (Wildman–Crippen LogP) is 1.60. The number of Topliss-reactive ketones (excluding diaryl/α,β-unsaturated/α-hetero) is 1. The molecular weight excluding hydrogens is 190 g/mol. The molecule has 0 spiro atoms. The van der Waals surface area contributed by atoms with Crippen molar-refractivity contribution in [3.8, 4) is 11.3 Å². The van der Waals surface area contributed by atoms with Crippen molar-refractivity contribution in [3.63, 3.8) is 0 Å². The number of aromatic amines is 1. The molecule has 0 fully saturated rings. The summed E-state index contributed by atoms with van der Waals surface area (Å²) in [5, 5.41) is 0. The number of rotatable bonds is 3. The zero-order valence-corrected chi connectivity index (χ0v) is 8.40. The molecule has 0 atom stereocenters. The molecule has 0 aliphatic carbocycles. The van der Waals surface area contributed by atoms with Crippen molar-refractivity contribution < 1.29 is 4.79 Å². The molecule has 2 aromatic rings. The molecule has 2 heterocycles. The Labute approximate surface area is 87.4 Å². The van der Waals surface area contributed by atoms with Crippen molar-refractivity contribution in [2.75, 3.05) is 0 Å². The van der Waals surface area contributed by atoms with Gasteiger partial charge < -0.3 is 4.98 Å². The number of H-pyrrole nitrogens is 1. The van der Waals surface area contributed by atoms with E-state index in [0.29, 0.717) is 5.82 Å². The van der Waals surface area contributed by atoms with Crippen LogP contribution in [0, 0.1) is 0 Å². The maximum absolute atomic E-state index is 10.9. The van der Waals surface area contributed by atoms with Crippen LogP contribution in [0.2, 0.25) is 0 Å². The van der Waals surface area contributed by atoms with Crippen LogP contribution in [0.5, 0.6) is 0 Å². The van der Waals surface area contributed by atoms with E-state index in [4.69, 9.17) is 0 Å². The maximum atomic E-state index is 10.9. The van der Waals surface area contributed by atoms with Crippen LogP contribution in [-0.2, 0) is 11.2 Å². The fourth-order valence-electron chi connectivity index (χ4n) is 1.35. The molecule has 2 rings (SSSR count). The van der Waals surface area contributed by atoms with E-state index in [1.165, 1.54) is 6.92 Å². The highest BCUT2D eigenvalue weighted by molar-refractivity contribution is 5.77. The Morgan fingerprint density at radius 2 is 2.33 bits per heavy atom. The van der Waals surface area contributed by atoms with Gasteiger partial charge in [0.05, 0.1) is 12.1 Å². The average Bonchev–Trinajstić information content (AvgIpc) is 2.69. The zero-order chi connectivity index (χ0) is 10.7. The lowest BCUT2D eigenvalue weighted by Gasteiger charge is -1.99. The number of hydrogen-bond acceptors (Lipinski definition) is 3. The van der Waals surface area contributed by atoms with Gasteiger partial charge in [0.1, 0.15) is 11.6 Å². The van der Waals surface area contributed by atoms with Gasteiger partial charge >= 0.3 is 0 Å². The summed E-state index contributed by atoms with van der Waals surface area (Å²) in [6.07, 6.45) is 5.66. The highest BCUT2D eigenvalue weighted by Gasteiger charge is 2.04. The molecule has 4 nitrogen and oxygen atoms in total. The van der Waals surface area contributed by atoms with Crippen molar-refractivity contribution >= 4 is 5.78 Å². The van der Waals surface area contributed by atoms with Crippen LogP contribution in [0.4, 0.5) is 0 Å². The Hall–Kier alpha value is -1.97. The van der Waals surface area contributed by atoms with Gasteiger partial charge in [-0.2, -0.15) is 0 Å². The fourth-order valence-corrected chi connectivity index (χ4v) is 1.35. The van der Waals surface area contributed by atoms with Crippen molar-refractivity contribution in [2.45, 2.75) is 13.3 Å². The van der Waals surface area contributed by atoms with Gasteiger partial charge in [0, 0.05) is 24.2 Å². The molecule has 4 heteroatoms. The zero-order valence-electron chi connectivity index (χ0n) is 8.40. The summed E-state index contributed by atoms with van der Waals surface area (Å²) in [5.41, 5.74) is 1.84. The second-order valence-corrected chi connectivity index (χ2v) is 3.34. The molecular formula is C11H11N3O. The van der Waals surface area contributed by atoms with E-state index >= 15 is 0 Å². The van der Waals surface area contributed by atoms with E-state index in [2.05, 4.69) is 15.0 Å². The van der Waals surface area contributed by atoms with Gasteiger partial charge in [-0.1, -0.05) is 0 Å². The Balaban J connectivity index is 2.31. The molecule has 0 aliphatic rings. The largest absolute Gasteiger partial charge is 0.367 e. The molecule has 76 valence electrons. The van der Waals surface area contributed by atoms with Crippen LogP contribution < -0.4 is 0 Å². The van der Waals surface area contributed by atoms with E-state index < -0.39 is 0 Å². The summed E-state index contributed by atoms with van der Waals surface area (Å²) >= 11 is 0. The van der Waals surface area contributed by atoms with Crippen LogP contribution in [-0.4, -0.2) is 20.7 Å². The SMILES string of the molecule is CC(=O)Cc1nccc(-c2cc[nH]c2)n1. The number of carbonyl (C=O) groups is 1. The molecule has 0 aromatic carbocycles. The van der Waals surface area contributed by atoms with Crippen LogP contribution in [0.25, 0.3) is 11.3 Å². The van der Waals surface area contributed by atoms with Crippen molar-refractivity contribution in [2.24, 2.45) is 0 Å². The summed E-state index contributed by atoms with van der Waals surface area (Å²) < 4.78 is 0. The van der Waals surface area contributed by atoms with Gasteiger partial charge in [0.25, 0.3) is 0 Å². The summed E-state index contributed by atoms with van der Waals surface area (Å²) in [7, 11) is 0. The molecule has 0 radical (unpaired) electrons. The molecule has 0 saturated carbocycles. The lowest BCUT2D eigenvalue weighted by Crippen LogP contribution is -2.02. The van der Waals surface area contributed by atoms with Crippen LogP contribution >= 0.6 is 0 Å². The quantitative estimate of drug-likeness (QED) is 0.820. The first-order valence-corrected chi connectivity index (χ1v) is 4.70. The normalized spacial score (nSPS) is 10.2. The number of ketones is 1. The average molecular weight is 201 g/mol. The number of aromatic nitrogens is 3. The van der Waals surface area contributed by atoms with Gasteiger partial charge in [-0.3, -0.25) is 4.79 Å². The maximum Gasteiger partial charge on any atom is 0.137 e. The Morgan fingerprint density at radius 3 is 3.00 bits per heavy atom. The molecule has 0 unspecified atom stereocenters. The van der Waals surface area contributed by atoms with Crippen molar-refractivity contribution in [1.29, 1.82) is 0 Å². The summed E-state index contributed by atoms with van der Waals surface area (Å²) in [6, 6.07) is 3.76. The second-order valence-electron chi connectivity index (χ2n) is 3.34. The first-order valence-electron chi connectivity index (χ1n) is 4.70. The van der Waals surface area contributed by atoms with Gasteiger partial charge in [0.15, 0.2) is 0 Å². The molecule has 0 aliphatic heterocycles. The molecule has 15 heavy (non-hydrogen) atoms. The minimum atomic E-state index is 0.0706. The summed E-state index contributed by atoms with van der Waals surface area (Å²) in [5.74, 6) is 0.641. The van der Waals surface area contributed by atoms with E-state index in [1.54, 1.807) is 6.20 Å². The van der Waals surface area contributed by atoms with Gasteiger partial charge in [-0.25, -0.2) is 9.97 Å². The van der Waals surface area contributed by atoms with Crippen molar-refractivity contribution in [1.82, 2.24) is 15.0 Å².